The Morgan fingerprint density at radius 1 is 0.953 bits per heavy atom. The van der Waals surface area contributed by atoms with Crippen LogP contribution in [-0.2, 0) is 10.9 Å². The summed E-state index contributed by atoms with van der Waals surface area (Å²) in [5.41, 5.74) is 1.49. The molecule has 0 bridgehead atoms. The van der Waals surface area contributed by atoms with E-state index in [1.54, 1.807) is 30.3 Å². The van der Waals surface area contributed by atoms with Gasteiger partial charge in [0, 0.05) is 54.9 Å². The first kappa shape index (κ1) is 29.5. The summed E-state index contributed by atoms with van der Waals surface area (Å²) in [4.78, 5) is 36.6. The van der Waals surface area contributed by atoms with Crippen LogP contribution in [0, 0.1) is 13.8 Å². The molecule has 1 aliphatic rings. The molecule has 11 nitrogen and oxygen atoms in total. The molecule has 1 fully saturated rings. The number of aryl methyl sites for hydroxylation is 2. The predicted octanol–water partition coefficient (Wildman–Crippen LogP) is 4.49. The van der Waals surface area contributed by atoms with Crippen LogP contribution in [0.4, 0.5) is 36.3 Å². The highest BCUT2D eigenvalue weighted by Gasteiger charge is 2.31. The van der Waals surface area contributed by atoms with Gasteiger partial charge in [-0.15, -0.1) is 0 Å². The van der Waals surface area contributed by atoms with E-state index in [1.165, 1.54) is 23.9 Å². The predicted molar refractivity (Wildman–Crippen MR) is 154 cm³/mol. The van der Waals surface area contributed by atoms with Crippen molar-refractivity contribution < 1.29 is 27.5 Å². The summed E-state index contributed by atoms with van der Waals surface area (Å²) in [5, 5.41) is 13.0. The van der Waals surface area contributed by atoms with Crippen molar-refractivity contribution in [3.8, 4) is 5.82 Å². The van der Waals surface area contributed by atoms with Gasteiger partial charge in [-0.25, -0.2) is 4.98 Å². The third-order valence-electron chi connectivity index (χ3n) is 6.72. The lowest BCUT2D eigenvalue weighted by atomic mass is 10.1. The Balaban J connectivity index is 1.46. The van der Waals surface area contributed by atoms with Crippen LogP contribution in [0.2, 0.25) is 0 Å². The fourth-order valence-corrected chi connectivity index (χ4v) is 4.45. The number of hydrogen-bond acceptors (Lipinski definition) is 8. The summed E-state index contributed by atoms with van der Waals surface area (Å²) in [7, 11) is 1.50. The molecule has 0 aliphatic carbocycles. The highest BCUT2D eigenvalue weighted by molar-refractivity contribution is 6.04. The number of aromatic nitrogens is 4. The van der Waals surface area contributed by atoms with Crippen LogP contribution in [0.1, 0.15) is 37.7 Å². The lowest BCUT2D eigenvalue weighted by Crippen LogP contribution is -2.37. The van der Waals surface area contributed by atoms with E-state index < -0.39 is 23.6 Å². The van der Waals surface area contributed by atoms with E-state index in [1.807, 2.05) is 18.7 Å². The highest BCUT2D eigenvalue weighted by atomic mass is 19.4. The zero-order valence-electron chi connectivity index (χ0n) is 23.6. The number of nitrogens with zero attached hydrogens (tertiary/aromatic N) is 5. The first-order valence-electron chi connectivity index (χ1n) is 13.4. The van der Waals surface area contributed by atoms with Crippen LogP contribution in [0.15, 0.2) is 54.6 Å². The topological polar surface area (TPSA) is 126 Å². The number of benzene rings is 2. The molecule has 1 aliphatic heterocycles. The van der Waals surface area contributed by atoms with E-state index >= 15 is 0 Å². The molecular formula is C29H29F3N8O3. The number of halogens is 3. The Morgan fingerprint density at radius 2 is 1.72 bits per heavy atom. The van der Waals surface area contributed by atoms with Gasteiger partial charge in [0.2, 0.25) is 5.95 Å². The molecule has 3 heterocycles. The molecule has 2 amide bonds. The molecule has 0 unspecified atom stereocenters. The zero-order chi connectivity index (χ0) is 30.7. The van der Waals surface area contributed by atoms with E-state index in [4.69, 9.17) is 9.72 Å². The maximum atomic E-state index is 13.1. The summed E-state index contributed by atoms with van der Waals surface area (Å²) in [6, 6.07) is 12.5. The molecular weight excluding hydrogens is 565 g/mol. The fraction of sp³-hybridized carbons (Fsp3) is 0.276. The van der Waals surface area contributed by atoms with Crippen LogP contribution >= 0.6 is 0 Å². The molecule has 1 saturated heterocycles. The van der Waals surface area contributed by atoms with Crippen LogP contribution in [0.3, 0.4) is 0 Å². The molecule has 224 valence electrons. The zero-order valence-corrected chi connectivity index (χ0v) is 23.6. The van der Waals surface area contributed by atoms with Gasteiger partial charge in [-0.2, -0.15) is 27.9 Å². The van der Waals surface area contributed by atoms with Crippen LogP contribution in [0.25, 0.3) is 5.82 Å². The van der Waals surface area contributed by atoms with Gasteiger partial charge in [0.15, 0.2) is 11.5 Å². The summed E-state index contributed by atoms with van der Waals surface area (Å²) in [5.74, 6) is 0.254. The molecule has 2 aromatic heterocycles. The van der Waals surface area contributed by atoms with E-state index in [0.717, 1.165) is 17.7 Å². The largest absolute Gasteiger partial charge is 0.416 e. The quantitative estimate of drug-likeness (QED) is 0.286. The number of amides is 2. The van der Waals surface area contributed by atoms with Crippen molar-refractivity contribution >= 4 is 35.0 Å². The van der Waals surface area contributed by atoms with Gasteiger partial charge in [-0.3, -0.25) is 9.59 Å². The van der Waals surface area contributed by atoms with E-state index in [-0.39, 0.29) is 11.3 Å². The minimum absolute atomic E-state index is 0.131. The summed E-state index contributed by atoms with van der Waals surface area (Å²) in [6.45, 7) is 6.06. The third-order valence-corrected chi connectivity index (χ3v) is 6.72. The number of anilines is 4. The summed E-state index contributed by atoms with van der Waals surface area (Å²) in [6.07, 6.45) is -4.57. The number of hydrogen-bond donors (Lipinski definition) is 3. The standard InChI is InChI=1S/C29H29F3N8O3/c1-17-7-8-21(35-26(41)19-5-4-6-20(14-19)29(30,31)32)15-22(17)36-25-16-23(27(42)33-3)38-40(25)24-13-18(2)34-28(37-24)39-9-11-43-12-10-39/h4-8,13-16,36H,9-12H2,1-3H3,(H,33,42)(H,35,41). The molecule has 0 saturated carbocycles. The average Bonchev–Trinajstić information content (AvgIpc) is 3.42. The van der Waals surface area contributed by atoms with E-state index in [0.29, 0.717) is 61.0 Å². The second kappa shape index (κ2) is 12.1. The van der Waals surface area contributed by atoms with Crippen molar-refractivity contribution in [3.05, 3.63) is 82.7 Å². The number of carbonyl (C=O) groups is 2. The van der Waals surface area contributed by atoms with Gasteiger partial charge in [-0.1, -0.05) is 12.1 Å². The van der Waals surface area contributed by atoms with Gasteiger partial charge in [0.1, 0.15) is 5.82 Å². The lowest BCUT2D eigenvalue weighted by Gasteiger charge is -2.27. The number of carbonyl (C=O) groups excluding carboxylic acids is 2. The van der Waals surface area contributed by atoms with Crippen LogP contribution in [0.5, 0.6) is 0 Å². The molecule has 0 radical (unpaired) electrons. The number of ether oxygens (including phenoxy) is 1. The number of morpholine rings is 1. The molecule has 43 heavy (non-hydrogen) atoms. The molecule has 4 aromatic rings. The first-order chi connectivity index (χ1) is 20.5. The molecule has 14 heteroatoms. The number of rotatable bonds is 7. The van der Waals surface area contributed by atoms with Crippen molar-refractivity contribution in [1.29, 1.82) is 0 Å². The highest BCUT2D eigenvalue weighted by Crippen LogP contribution is 2.30. The van der Waals surface area contributed by atoms with Crippen molar-refractivity contribution in [1.82, 2.24) is 25.1 Å². The van der Waals surface area contributed by atoms with Gasteiger partial charge < -0.3 is 25.6 Å². The van der Waals surface area contributed by atoms with Crippen molar-refractivity contribution in [3.63, 3.8) is 0 Å². The normalized spacial score (nSPS) is 13.5. The minimum Gasteiger partial charge on any atom is -0.378 e. The average molecular weight is 595 g/mol. The van der Waals surface area contributed by atoms with Crippen molar-refractivity contribution in [2.75, 3.05) is 48.9 Å². The maximum Gasteiger partial charge on any atom is 0.416 e. The molecule has 3 N–H and O–H groups in total. The Kier molecular flexibility index (Phi) is 8.30. The van der Waals surface area contributed by atoms with Crippen LogP contribution in [-0.4, -0.2) is 64.9 Å². The smallest absolute Gasteiger partial charge is 0.378 e. The summed E-state index contributed by atoms with van der Waals surface area (Å²) < 4.78 is 46.4. The molecule has 2 aromatic carbocycles. The Bertz CT molecular complexity index is 1670. The van der Waals surface area contributed by atoms with Gasteiger partial charge >= 0.3 is 6.18 Å². The van der Waals surface area contributed by atoms with E-state index in [2.05, 4.69) is 26.0 Å². The SMILES string of the molecule is CNC(=O)c1cc(Nc2cc(NC(=O)c3cccc(C(F)(F)F)c3)ccc2C)n(-c2cc(C)nc(N3CCOCC3)n2)n1. The summed E-state index contributed by atoms with van der Waals surface area (Å²) >= 11 is 0. The first-order valence-corrected chi connectivity index (χ1v) is 13.4. The number of nitrogens with one attached hydrogen (secondary N) is 3. The Morgan fingerprint density at radius 3 is 2.44 bits per heavy atom. The van der Waals surface area contributed by atoms with E-state index in [9.17, 15) is 22.8 Å². The van der Waals surface area contributed by atoms with Crippen molar-refractivity contribution in [2.24, 2.45) is 0 Å². The van der Waals surface area contributed by atoms with Gasteiger partial charge in [0.25, 0.3) is 11.8 Å². The Labute approximate surface area is 245 Å². The number of alkyl halides is 3. The minimum atomic E-state index is -4.57. The molecule has 0 atom stereocenters. The maximum absolute atomic E-state index is 13.1. The van der Waals surface area contributed by atoms with Crippen molar-refractivity contribution in [2.45, 2.75) is 20.0 Å². The molecule has 0 spiro atoms. The van der Waals surface area contributed by atoms with Crippen LogP contribution < -0.4 is 20.9 Å². The van der Waals surface area contributed by atoms with Gasteiger partial charge in [-0.05, 0) is 49.7 Å². The Hall–Kier alpha value is -4.98. The molecule has 5 rings (SSSR count). The third kappa shape index (κ3) is 6.75. The lowest BCUT2D eigenvalue weighted by molar-refractivity contribution is -0.137. The second-order valence-corrected chi connectivity index (χ2v) is 9.86. The fourth-order valence-electron chi connectivity index (χ4n) is 4.45. The van der Waals surface area contributed by atoms with Gasteiger partial charge in [0.05, 0.1) is 18.8 Å². The second-order valence-electron chi connectivity index (χ2n) is 9.86. The monoisotopic (exact) mass is 594 g/mol.